The Labute approximate surface area is 191 Å². The van der Waals surface area contributed by atoms with Crippen LogP contribution in [0.1, 0.15) is 34.5 Å². The van der Waals surface area contributed by atoms with Gasteiger partial charge in [0.15, 0.2) is 0 Å². The standard InChI is InChI=1S/C24H23N3O5S/c28-23(25-15-18-4-3-13-32-18)20-5-1-2-6-21(20)26-33(30,31)19-9-10-22-17(14-19)11-12-27(22)24(29)16-7-8-16/h1-6,9-10,13-14,16,26H,7-8,11-12,15H2,(H,25,28). The smallest absolute Gasteiger partial charge is 0.261 e. The zero-order valence-electron chi connectivity index (χ0n) is 17.8. The summed E-state index contributed by atoms with van der Waals surface area (Å²) in [5.41, 5.74) is 2.00. The van der Waals surface area contributed by atoms with Crippen molar-refractivity contribution in [2.75, 3.05) is 16.2 Å². The molecule has 2 amide bonds. The molecule has 9 heteroatoms. The first-order valence-electron chi connectivity index (χ1n) is 10.8. The van der Waals surface area contributed by atoms with Crippen molar-refractivity contribution in [2.24, 2.45) is 5.92 Å². The van der Waals surface area contributed by atoms with Gasteiger partial charge in [-0.15, -0.1) is 0 Å². The second-order valence-corrected chi connectivity index (χ2v) is 9.90. The first-order chi connectivity index (χ1) is 15.9. The Morgan fingerprint density at radius 1 is 1.06 bits per heavy atom. The summed E-state index contributed by atoms with van der Waals surface area (Å²) in [4.78, 5) is 27.0. The van der Waals surface area contributed by atoms with Crippen LogP contribution in [0.4, 0.5) is 11.4 Å². The quantitative estimate of drug-likeness (QED) is 0.557. The summed E-state index contributed by atoms with van der Waals surface area (Å²) in [6.07, 6.45) is 3.98. The van der Waals surface area contributed by atoms with Crippen molar-refractivity contribution in [3.05, 3.63) is 77.7 Å². The molecular formula is C24H23N3O5S. The fraction of sp³-hybridized carbons (Fsp3) is 0.250. The average Bonchev–Trinajstić information content (AvgIpc) is 3.36. The fourth-order valence-corrected chi connectivity index (χ4v) is 5.10. The molecule has 2 N–H and O–H groups in total. The lowest BCUT2D eigenvalue weighted by Crippen LogP contribution is -2.30. The summed E-state index contributed by atoms with van der Waals surface area (Å²) in [5, 5.41) is 2.73. The lowest BCUT2D eigenvalue weighted by molar-refractivity contribution is -0.119. The maximum absolute atomic E-state index is 13.1. The number of hydrogen-bond donors (Lipinski definition) is 2. The van der Waals surface area contributed by atoms with Gasteiger partial charge in [-0.2, -0.15) is 0 Å². The van der Waals surface area contributed by atoms with Gasteiger partial charge in [-0.25, -0.2) is 8.42 Å². The summed E-state index contributed by atoms with van der Waals surface area (Å²) in [6, 6.07) is 14.7. The van der Waals surface area contributed by atoms with E-state index >= 15 is 0 Å². The van der Waals surface area contributed by atoms with Gasteiger partial charge in [-0.3, -0.25) is 14.3 Å². The highest BCUT2D eigenvalue weighted by molar-refractivity contribution is 7.92. The van der Waals surface area contributed by atoms with Crippen LogP contribution in [0.25, 0.3) is 0 Å². The molecule has 3 aromatic rings. The molecule has 170 valence electrons. The minimum absolute atomic E-state index is 0.0905. The third-order valence-corrected chi connectivity index (χ3v) is 7.23. The van der Waals surface area contributed by atoms with Crippen LogP contribution in [-0.4, -0.2) is 26.8 Å². The number of nitrogens with zero attached hydrogens (tertiary/aromatic N) is 1. The molecule has 0 spiro atoms. The summed E-state index contributed by atoms with van der Waals surface area (Å²) in [5.74, 6) is 0.398. The van der Waals surface area contributed by atoms with E-state index in [1.54, 1.807) is 53.4 Å². The Morgan fingerprint density at radius 2 is 1.88 bits per heavy atom. The van der Waals surface area contributed by atoms with Crippen LogP contribution in [0.15, 0.2) is 70.2 Å². The van der Waals surface area contributed by atoms with Crippen molar-refractivity contribution in [1.82, 2.24) is 5.32 Å². The van der Waals surface area contributed by atoms with E-state index in [1.165, 1.54) is 12.3 Å². The van der Waals surface area contributed by atoms with Crippen molar-refractivity contribution >= 4 is 33.2 Å². The Morgan fingerprint density at radius 3 is 2.64 bits per heavy atom. The van der Waals surface area contributed by atoms with Crippen LogP contribution < -0.4 is 14.9 Å². The Hall–Kier alpha value is -3.59. The number of carbonyl (C=O) groups is 2. The van der Waals surface area contributed by atoms with E-state index < -0.39 is 15.9 Å². The van der Waals surface area contributed by atoms with Gasteiger partial charge in [0.1, 0.15) is 5.76 Å². The first kappa shape index (κ1) is 21.3. The average molecular weight is 466 g/mol. The molecule has 2 aromatic carbocycles. The van der Waals surface area contributed by atoms with Gasteiger partial charge < -0.3 is 14.6 Å². The lowest BCUT2D eigenvalue weighted by Gasteiger charge is -2.17. The van der Waals surface area contributed by atoms with Crippen LogP contribution in [0.2, 0.25) is 0 Å². The Kier molecular flexibility index (Phi) is 5.41. The van der Waals surface area contributed by atoms with E-state index in [0.29, 0.717) is 18.7 Å². The highest BCUT2D eigenvalue weighted by Gasteiger charge is 2.36. The number of anilines is 2. The molecule has 2 aliphatic rings. The van der Waals surface area contributed by atoms with Crippen LogP contribution in [0.3, 0.4) is 0 Å². The molecule has 33 heavy (non-hydrogen) atoms. The van der Waals surface area contributed by atoms with Gasteiger partial charge in [-0.05, 0) is 67.3 Å². The van der Waals surface area contributed by atoms with Crippen molar-refractivity contribution in [3.63, 3.8) is 0 Å². The summed E-state index contributed by atoms with van der Waals surface area (Å²) in [6.45, 7) is 0.758. The van der Waals surface area contributed by atoms with E-state index in [0.717, 1.165) is 24.1 Å². The Bertz CT molecular complexity index is 1310. The molecule has 5 rings (SSSR count). The molecule has 2 heterocycles. The lowest BCUT2D eigenvalue weighted by atomic mass is 10.1. The molecule has 0 saturated heterocycles. The van der Waals surface area contributed by atoms with Gasteiger partial charge in [-0.1, -0.05) is 12.1 Å². The van der Waals surface area contributed by atoms with Crippen molar-refractivity contribution in [3.8, 4) is 0 Å². The third kappa shape index (κ3) is 4.36. The predicted octanol–water partition coefficient (Wildman–Crippen LogP) is 3.31. The number of para-hydroxylation sites is 1. The molecule has 8 nitrogen and oxygen atoms in total. The van der Waals surface area contributed by atoms with E-state index in [-0.39, 0.29) is 34.5 Å². The van der Waals surface area contributed by atoms with Crippen LogP contribution in [0.5, 0.6) is 0 Å². The maximum atomic E-state index is 13.1. The summed E-state index contributed by atoms with van der Waals surface area (Å²) in [7, 11) is -3.94. The molecular weight excluding hydrogens is 442 g/mol. The zero-order chi connectivity index (χ0) is 23.0. The maximum Gasteiger partial charge on any atom is 0.261 e. The van der Waals surface area contributed by atoms with Gasteiger partial charge in [0.05, 0.1) is 29.0 Å². The number of nitrogens with one attached hydrogen (secondary N) is 2. The summed E-state index contributed by atoms with van der Waals surface area (Å²) >= 11 is 0. The SMILES string of the molecule is O=C(NCc1ccco1)c1ccccc1NS(=O)(=O)c1ccc2c(c1)CCN2C(=O)C1CC1. The van der Waals surface area contributed by atoms with E-state index in [2.05, 4.69) is 10.0 Å². The second-order valence-electron chi connectivity index (χ2n) is 8.22. The number of rotatable bonds is 7. The van der Waals surface area contributed by atoms with E-state index in [9.17, 15) is 18.0 Å². The van der Waals surface area contributed by atoms with Gasteiger partial charge in [0, 0.05) is 18.2 Å². The highest BCUT2D eigenvalue weighted by atomic mass is 32.2. The van der Waals surface area contributed by atoms with Gasteiger partial charge in [0.25, 0.3) is 15.9 Å². The van der Waals surface area contributed by atoms with Gasteiger partial charge >= 0.3 is 0 Å². The number of carbonyl (C=O) groups excluding carboxylic acids is 2. The zero-order valence-corrected chi connectivity index (χ0v) is 18.6. The molecule has 1 fully saturated rings. The van der Waals surface area contributed by atoms with Crippen molar-refractivity contribution in [2.45, 2.75) is 30.7 Å². The summed E-state index contributed by atoms with van der Waals surface area (Å²) < 4.78 is 34.0. The van der Waals surface area contributed by atoms with Crippen molar-refractivity contribution < 1.29 is 22.4 Å². The van der Waals surface area contributed by atoms with Gasteiger partial charge in [0.2, 0.25) is 5.91 Å². The highest BCUT2D eigenvalue weighted by Crippen LogP contribution is 2.37. The molecule has 0 atom stereocenters. The number of sulfonamides is 1. The van der Waals surface area contributed by atoms with Crippen LogP contribution in [0, 0.1) is 5.92 Å². The molecule has 1 aliphatic heterocycles. The normalized spacial score (nSPS) is 15.2. The minimum atomic E-state index is -3.94. The van der Waals surface area contributed by atoms with Crippen LogP contribution >= 0.6 is 0 Å². The second kappa shape index (κ2) is 8.40. The number of amides is 2. The monoisotopic (exact) mass is 465 g/mol. The number of hydrogen-bond acceptors (Lipinski definition) is 5. The largest absolute Gasteiger partial charge is 0.467 e. The molecule has 1 saturated carbocycles. The number of furan rings is 1. The predicted molar refractivity (Wildman–Crippen MR) is 122 cm³/mol. The topological polar surface area (TPSA) is 109 Å². The number of fused-ring (bicyclic) bond motifs is 1. The number of benzene rings is 2. The molecule has 1 aliphatic carbocycles. The van der Waals surface area contributed by atoms with Crippen LogP contribution in [-0.2, 0) is 27.8 Å². The van der Waals surface area contributed by atoms with Crippen molar-refractivity contribution in [1.29, 1.82) is 0 Å². The Balaban J connectivity index is 1.34. The molecule has 0 unspecified atom stereocenters. The third-order valence-electron chi connectivity index (χ3n) is 5.87. The molecule has 0 bridgehead atoms. The fourth-order valence-electron chi connectivity index (χ4n) is 3.97. The molecule has 1 aromatic heterocycles. The minimum Gasteiger partial charge on any atom is -0.467 e. The first-order valence-corrected chi connectivity index (χ1v) is 12.3. The van der Waals surface area contributed by atoms with E-state index in [4.69, 9.17) is 4.42 Å². The van der Waals surface area contributed by atoms with E-state index in [1.807, 2.05) is 0 Å². The molecule has 0 radical (unpaired) electrons.